The van der Waals surface area contributed by atoms with Gasteiger partial charge in [-0.15, -0.1) is 0 Å². The molecule has 4 heteroatoms. The van der Waals surface area contributed by atoms with Crippen LogP contribution in [-0.2, 0) is 0 Å². The molecular formula is C12H19N3O. The Morgan fingerprint density at radius 1 is 1.62 bits per heavy atom. The second-order valence-electron chi connectivity index (χ2n) is 4.02. The molecule has 88 valence electrons. The predicted octanol–water partition coefficient (Wildman–Crippen LogP) is 1.92. The summed E-state index contributed by atoms with van der Waals surface area (Å²) < 4.78 is 0. The highest BCUT2D eigenvalue weighted by Gasteiger charge is 2.16. The molecule has 0 aliphatic carbocycles. The first-order valence-corrected chi connectivity index (χ1v) is 5.55. The van der Waals surface area contributed by atoms with Crippen molar-refractivity contribution in [3.05, 3.63) is 23.9 Å². The van der Waals surface area contributed by atoms with Gasteiger partial charge in [0, 0.05) is 24.8 Å². The number of anilines is 1. The summed E-state index contributed by atoms with van der Waals surface area (Å²) in [5, 5.41) is 0. The summed E-state index contributed by atoms with van der Waals surface area (Å²) in [5.41, 5.74) is 6.14. The van der Waals surface area contributed by atoms with Gasteiger partial charge in [0.15, 0.2) is 0 Å². The van der Waals surface area contributed by atoms with Crippen molar-refractivity contribution in [2.75, 3.05) is 12.8 Å². The number of rotatable bonds is 4. The molecule has 16 heavy (non-hydrogen) atoms. The minimum absolute atomic E-state index is 0.00458. The molecule has 0 bridgehead atoms. The molecule has 2 N–H and O–H groups in total. The Kier molecular flexibility index (Phi) is 4.28. The highest BCUT2D eigenvalue weighted by molar-refractivity contribution is 5.94. The van der Waals surface area contributed by atoms with Gasteiger partial charge in [0.25, 0.3) is 5.91 Å². The lowest BCUT2D eigenvalue weighted by Gasteiger charge is -2.24. The van der Waals surface area contributed by atoms with Crippen molar-refractivity contribution in [3.63, 3.8) is 0 Å². The van der Waals surface area contributed by atoms with Gasteiger partial charge in [0.2, 0.25) is 0 Å². The number of carbonyl (C=O) groups is 1. The van der Waals surface area contributed by atoms with Gasteiger partial charge < -0.3 is 10.6 Å². The van der Waals surface area contributed by atoms with Crippen LogP contribution in [0.15, 0.2) is 18.3 Å². The van der Waals surface area contributed by atoms with Gasteiger partial charge in [-0.05, 0) is 25.5 Å². The molecule has 1 atom stereocenters. The Balaban J connectivity index is 2.77. The van der Waals surface area contributed by atoms with Crippen molar-refractivity contribution in [3.8, 4) is 0 Å². The van der Waals surface area contributed by atoms with Gasteiger partial charge in [-0.25, -0.2) is 4.98 Å². The van der Waals surface area contributed by atoms with Crippen molar-refractivity contribution in [1.82, 2.24) is 9.88 Å². The van der Waals surface area contributed by atoms with Crippen LogP contribution in [0.1, 0.15) is 37.0 Å². The molecule has 1 rings (SSSR count). The molecule has 4 nitrogen and oxygen atoms in total. The minimum atomic E-state index is -0.00458. The van der Waals surface area contributed by atoms with E-state index in [2.05, 4.69) is 11.9 Å². The molecule has 1 amide bonds. The molecule has 0 saturated carbocycles. The van der Waals surface area contributed by atoms with E-state index in [-0.39, 0.29) is 11.9 Å². The molecule has 1 heterocycles. The molecule has 0 spiro atoms. The van der Waals surface area contributed by atoms with E-state index in [0.29, 0.717) is 11.4 Å². The quantitative estimate of drug-likeness (QED) is 0.845. The molecule has 1 aromatic rings. The third kappa shape index (κ3) is 2.95. The normalized spacial score (nSPS) is 12.2. The number of hydrogen-bond acceptors (Lipinski definition) is 3. The van der Waals surface area contributed by atoms with E-state index < -0.39 is 0 Å². The lowest BCUT2D eigenvalue weighted by molar-refractivity contribution is 0.0736. The van der Waals surface area contributed by atoms with Crippen molar-refractivity contribution >= 4 is 11.7 Å². The second kappa shape index (κ2) is 5.49. The number of nitrogen functional groups attached to an aromatic ring is 1. The molecule has 0 aromatic carbocycles. The number of hydrogen-bond donors (Lipinski definition) is 1. The fraction of sp³-hybridized carbons (Fsp3) is 0.500. The van der Waals surface area contributed by atoms with Crippen molar-refractivity contribution in [1.29, 1.82) is 0 Å². The zero-order valence-corrected chi connectivity index (χ0v) is 10.1. The zero-order valence-electron chi connectivity index (χ0n) is 10.1. The van der Waals surface area contributed by atoms with E-state index in [9.17, 15) is 4.79 Å². The van der Waals surface area contributed by atoms with E-state index in [1.165, 1.54) is 0 Å². The maximum absolute atomic E-state index is 12.1. The minimum Gasteiger partial charge on any atom is -0.384 e. The summed E-state index contributed by atoms with van der Waals surface area (Å²) in [4.78, 5) is 17.7. The lowest BCUT2D eigenvalue weighted by atomic mass is 10.1. The predicted molar refractivity (Wildman–Crippen MR) is 65.1 cm³/mol. The monoisotopic (exact) mass is 221 g/mol. The Labute approximate surface area is 96.5 Å². The zero-order chi connectivity index (χ0) is 12.1. The SMILES string of the molecule is CCCC(C)N(C)C(=O)c1ccnc(N)c1. The Morgan fingerprint density at radius 2 is 2.31 bits per heavy atom. The van der Waals surface area contributed by atoms with E-state index >= 15 is 0 Å². The molecule has 0 aliphatic heterocycles. The van der Waals surface area contributed by atoms with Gasteiger partial charge in [0.05, 0.1) is 0 Å². The van der Waals surface area contributed by atoms with Gasteiger partial charge >= 0.3 is 0 Å². The van der Waals surface area contributed by atoms with Crippen LogP contribution in [0, 0.1) is 0 Å². The average Bonchev–Trinajstić information content (AvgIpc) is 2.27. The van der Waals surface area contributed by atoms with Crippen LogP contribution in [0.2, 0.25) is 0 Å². The van der Waals surface area contributed by atoms with Crippen LogP contribution in [-0.4, -0.2) is 28.9 Å². The number of pyridine rings is 1. The molecule has 0 fully saturated rings. The van der Waals surface area contributed by atoms with Gasteiger partial charge in [-0.2, -0.15) is 0 Å². The number of carbonyl (C=O) groups excluding carboxylic acids is 1. The fourth-order valence-corrected chi connectivity index (χ4v) is 1.60. The maximum Gasteiger partial charge on any atom is 0.254 e. The van der Waals surface area contributed by atoms with Gasteiger partial charge in [0.1, 0.15) is 5.82 Å². The Bertz CT molecular complexity index is 365. The summed E-state index contributed by atoms with van der Waals surface area (Å²) in [6.07, 6.45) is 3.63. The van der Waals surface area contributed by atoms with Gasteiger partial charge in [-0.1, -0.05) is 13.3 Å². The Hall–Kier alpha value is -1.58. The lowest BCUT2D eigenvalue weighted by Crippen LogP contribution is -2.35. The van der Waals surface area contributed by atoms with Crippen molar-refractivity contribution in [2.45, 2.75) is 32.7 Å². The summed E-state index contributed by atoms with van der Waals surface area (Å²) in [5.74, 6) is 0.373. The number of nitrogens with zero attached hydrogens (tertiary/aromatic N) is 2. The van der Waals surface area contributed by atoms with E-state index in [0.717, 1.165) is 12.8 Å². The van der Waals surface area contributed by atoms with Crippen LogP contribution < -0.4 is 5.73 Å². The third-order valence-corrected chi connectivity index (χ3v) is 2.72. The standard InChI is InChI=1S/C12H19N3O/c1-4-5-9(2)15(3)12(16)10-6-7-14-11(13)8-10/h6-9H,4-5H2,1-3H3,(H2,13,14). The van der Waals surface area contributed by atoms with E-state index in [4.69, 9.17) is 5.73 Å². The highest BCUT2D eigenvalue weighted by Crippen LogP contribution is 2.11. The molecule has 0 radical (unpaired) electrons. The van der Waals surface area contributed by atoms with Crippen LogP contribution in [0.25, 0.3) is 0 Å². The third-order valence-electron chi connectivity index (χ3n) is 2.72. The Morgan fingerprint density at radius 3 is 2.88 bits per heavy atom. The summed E-state index contributed by atoms with van der Waals surface area (Å²) in [7, 11) is 1.82. The summed E-state index contributed by atoms with van der Waals surface area (Å²) in [6.45, 7) is 4.16. The molecule has 0 aliphatic rings. The number of amides is 1. The summed E-state index contributed by atoms with van der Waals surface area (Å²) in [6, 6.07) is 3.54. The van der Waals surface area contributed by atoms with Crippen LogP contribution in [0.3, 0.4) is 0 Å². The molecular weight excluding hydrogens is 202 g/mol. The first-order valence-electron chi connectivity index (χ1n) is 5.55. The topological polar surface area (TPSA) is 59.2 Å². The first kappa shape index (κ1) is 12.5. The fourth-order valence-electron chi connectivity index (χ4n) is 1.60. The second-order valence-corrected chi connectivity index (χ2v) is 4.02. The van der Waals surface area contributed by atoms with E-state index in [1.54, 1.807) is 23.2 Å². The van der Waals surface area contributed by atoms with Crippen LogP contribution >= 0.6 is 0 Å². The average molecular weight is 221 g/mol. The first-order chi connectivity index (χ1) is 7.56. The van der Waals surface area contributed by atoms with E-state index in [1.807, 2.05) is 14.0 Å². The van der Waals surface area contributed by atoms with Crippen molar-refractivity contribution < 1.29 is 4.79 Å². The van der Waals surface area contributed by atoms with Crippen LogP contribution in [0.4, 0.5) is 5.82 Å². The number of nitrogens with two attached hydrogens (primary N) is 1. The van der Waals surface area contributed by atoms with Crippen LogP contribution in [0.5, 0.6) is 0 Å². The maximum atomic E-state index is 12.1. The highest BCUT2D eigenvalue weighted by atomic mass is 16.2. The smallest absolute Gasteiger partial charge is 0.254 e. The number of aromatic nitrogens is 1. The molecule has 1 unspecified atom stereocenters. The van der Waals surface area contributed by atoms with Crippen molar-refractivity contribution in [2.24, 2.45) is 0 Å². The molecule has 1 aromatic heterocycles. The molecule has 0 saturated heterocycles. The largest absolute Gasteiger partial charge is 0.384 e. The summed E-state index contributed by atoms with van der Waals surface area (Å²) >= 11 is 0. The van der Waals surface area contributed by atoms with Gasteiger partial charge in [-0.3, -0.25) is 4.79 Å².